The smallest absolute Gasteiger partial charge is 0.272 e. The maximum absolute atomic E-state index is 12.5. The number of aromatic nitrogens is 2. The number of hydrogen-bond acceptors (Lipinski definition) is 3. The molecule has 1 aliphatic rings. The molecule has 0 aliphatic heterocycles. The molecule has 1 aliphatic carbocycles. The van der Waals surface area contributed by atoms with Crippen LogP contribution in [0.15, 0.2) is 23.0 Å². The Morgan fingerprint density at radius 1 is 1.30 bits per heavy atom. The average Bonchev–Trinajstić information content (AvgIpc) is 2.56. The van der Waals surface area contributed by atoms with E-state index < -0.39 is 0 Å². The van der Waals surface area contributed by atoms with Gasteiger partial charge in [0.1, 0.15) is 5.69 Å². The van der Waals surface area contributed by atoms with Crippen LogP contribution >= 0.6 is 0 Å². The molecule has 5 nitrogen and oxygen atoms in total. The lowest BCUT2D eigenvalue weighted by Crippen LogP contribution is -2.36. The van der Waals surface area contributed by atoms with Crippen molar-refractivity contribution in [2.24, 2.45) is 0 Å². The zero-order chi connectivity index (χ0) is 16.4. The molecule has 1 aromatic carbocycles. The summed E-state index contributed by atoms with van der Waals surface area (Å²) in [4.78, 5) is 28.9. The number of aryl methyl sites for hydroxylation is 2. The van der Waals surface area contributed by atoms with Crippen LogP contribution in [0.3, 0.4) is 0 Å². The van der Waals surface area contributed by atoms with Crippen molar-refractivity contribution in [1.82, 2.24) is 14.9 Å². The first-order chi connectivity index (χ1) is 11.1. The van der Waals surface area contributed by atoms with E-state index in [2.05, 4.69) is 10.3 Å². The van der Waals surface area contributed by atoms with Gasteiger partial charge < -0.3 is 9.88 Å². The molecule has 1 saturated carbocycles. The van der Waals surface area contributed by atoms with Gasteiger partial charge in [-0.05, 0) is 44.9 Å². The van der Waals surface area contributed by atoms with E-state index in [1.165, 1.54) is 19.3 Å². The summed E-state index contributed by atoms with van der Waals surface area (Å²) < 4.78 is 1.69. The van der Waals surface area contributed by atoms with E-state index in [1.807, 2.05) is 13.0 Å². The highest BCUT2D eigenvalue weighted by atomic mass is 16.1. The highest BCUT2D eigenvalue weighted by Crippen LogP contribution is 2.19. The number of carbonyl (C=O) groups excluding carboxylic acids is 1. The number of hydrogen-bond donors (Lipinski definition) is 1. The number of carbonyl (C=O) groups is 1. The summed E-state index contributed by atoms with van der Waals surface area (Å²) in [5.74, 6) is -0.0486. The van der Waals surface area contributed by atoms with Crippen molar-refractivity contribution in [3.8, 4) is 0 Å². The van der Waals surface area contributed by atoms with Crippen molar-refractivity contribution in [3.05, 3.63) is 39.8 Å². The highest BCUT2D eigenvalue weighted by molar-refractivity contribution is 5.97. The fourth-order valence-electron chi connectivity index (χ4n) is 3.35. The van der Waals surface area contributed by atoms with Crippen molar-refractivity contribution < 1.29 is 4.79 Å². The van der Waals surface area contributed by atoms with Crippen LogP contribution < -0.4 is 10.9 Å². The van der Waals surface area contributed by atoms with Crippen LogP contribution in [0.4, 0.5) is 0 Å². The minimum atomic E-state index is -0.0700. The minimum Gasteiger partial charge on any atom is -0.349 e. The summed E-state index contributed by atoms with van der Waals surface area (Å²) in [6, 6.07) is 5.67. The Morgan fingerprint density at radius 2 is 2.04 bits per heavy atom. The molecule has 0 unspecified atom stereocenters. The molecule has 0 atom stereocenters. The Labute approximate surface area is 135 Å². The molecule has 0 saturated heterocycles. The van der Waals surface area contributed by atoms with Gasteiger partial charge in [0.25, 0.3) is 11.5 Å². The lowest BCUT2D eigenvalue weighted by Gasteiger charge is -2.22. The molecule has 0 bridgehead atoms. The fraction of sp³-hybridized carbons (Fsp3) is 0.500. The maximum Gasteiger partial charge on any atom is 0.272 e. The fourth-order valence-corrected chi connectivity index (χ4v) is 3.35. The van der Waals surface area contributed by atoms with Crippen molar-refractivity contribution in [1.29, 1.82) is 0 Å². The van der Waals surface area contributed by atoms with Crippen LogP contribution in [0.5, 0.6) is 0 Å². The zero-order valence-corrected chi connectivity index (χ0v) is 13.8. The molecule has 0 spiro atoms. The summed E-state index contributed by atoms with van der Waals surface area (Å²) in [6.07, 6.45) is 5.76. The van der Waals surface area contributed by atoms with Crippen molar-refractivity contribution >= 4 is 16.9 Å². The monoisotopic (exact) mass is 313 g/mol. The Kier molecular flexibility index (Phi) is 4.46. The summed E-state index contributed by atoms with van der Waals surface area (Å²) in [5, 5.41) is 3.12. The standard InChI is InChI=1S/C18H23N3O2/c1-3-21-16-10-9-13(11-15(16)19-12(2)18(21)23)17(22)20-14-7-5-4-6-8-14/h9-11,14H,3-8H2,1-2H3,(H,20,22). The van der Waals surface area contributed by atoms with Crippen LogP contribution in [-0.4, -0.2) is 21.5 Å². The second-order valence-electron chi connectivity index (χ2n) is 6.26. The Morgan fingerprint density at radius 3 is 2.74 bits per heavy atom. The third kappa shape index (κ3) is 3.14. The predicted molar refractivity (Wildman–Crippen MR) is 90.8 cm³/mol. The van der Waals surface area contributed by atoms with E-state index in [0.717, 1.165) is 18.4 Å². The van der Waals surface area contributed by atoms with E-state index in [0.29, 0.717) is 23.3 Å². The molecule has 122 valence electrons. The number of nitrogens with zero attached hydrogens (tertiary/aromatic N) is 2. The normalized spacial score (nSPS) is 15.7. The molecule has 1 amide bonds. The molecule has 5 heteroatoms. The van der Waals surface area contributed by atoms with Gasteiger partial charge in [0.15, 0.2) is 0 Å². The summed E-state index contributed by atoms with van der Waals surface area (Å²) in [6.45, 7) is 4.24. The van der Waals surface area contributed by atoms with E-state index >= 15 is 0 Å². The van der Waals surface area contributed by atoms with Crippen LogP contribution in [0.25, 0.3) is 11.0 Å². The van der Waals surface area contributed by atoms with Gasteiger partial charge in [-0.3, -0.25) is 9.59 Å². The maximum atomic E-state index is 12.5. The quantitative estimate of drug-likeness (QED) is 0.947. The number of amides is 1. The molecule has 1 N–H and O–H groups in total. The highest BCUT2D eigenvalue weighted by Gasteiger charge is 2.17. The van der Waals surface area contributed by atoms with Gasteiger partial charge in [-0.1, -0.05) is 19.3 Å². The van der Waals surface area contributed by atoms with E-state index in [9.17, 15) is 9.59 Å². The van der Waals surface area contributed by atoms with Gasteiger partial charge in [0.2, 0.25) is 0 Å². The molecule has 1 fully saturated rings. The molecule has 23 heavy (non-hydrogen) atoms. The van der Waals surface area contributed by atoms with Crippen molar-refractivity contribution in [3.63, 3.8) is 0 Å². The molecule has 3 rings (SSSR count). The van der Waals surface area contributed by atoms with Crippen molar-refractivity contribution in [2.45, 2.75) is 58.5 Å². The molecule has 2 aromatic rings. The number of rotatable bonds is 3. The van der Waals surface area contributed by atoms with Crippen LogP contribution in [0, 0.1) is 6.92 Å². The Hall–Kier alpha value is -2.17. The van der Waals surface area contributed by atoms with Crippen molar-refractivity contribution in [2.75, 3.05) is 0 Å². The van der Waals surface area contributed by atoms with Gasteiger partial charge in [-0.2, -0.15) is 0 Å². The van der Waals surface area contributed by atoms with Gasteiger partial charge in [0.05, 0.1) is 11.0 Å². The number of benzene rings is 1. The summed E-state index contributed by atoms with van der Waals surface area (Å²) in [5.41, 5.74) is 2.47. The van der Waals surface area contributed by atoms with Gasteiger partial charge >= 0.3 is 0 Å². The van der Waals surface area contributed by atoms with E-state index in [1.54, 1.807) is 23.6 Å². The topological polar surface area (TPSA) is 64.0 Å². The van der Waals surface area contributed by atoms with E-state index in [-0.39, 0.29) is 17.5 Å². The first-order valence-corrected chi connectivity index (χ1v) is 8.42. The lowest BCUT2D eigenvalue weighted by atomic mass is 9.95. The predicted octanol–water partition coefficient (Wildman–Crippen LogP) is 2.79. The third-order valence-corrected chi connectivity index (χ3v) is 4.63. The number of fused-ring (bicyclic) bond motifs is 1. The van der Waals surface area contributed by atoms with Crippen LogP contribution in [0.1, 0.15) is 55.1 Å². The average molecular weight is 313 g/mol. The zero-order valence-electron chi connectivity index (χ0n) is 13.8. The molecule has 1 heterocycles. The van der Waals surface area contributed by atoms with Crippen LogP contribution in [-0.2, 0) is 6.54 Å². The van der Waals surface area contributed by atoms with Gasteiger partial charge in [-0.15, -0.1) is 0 Å². The molecular weight excluding hydrogens is 290 g/mol. The second kappa shape index (κ2) is 6.52. The lowest BCUT2D eigenvalue weighted by molar-refractivity contribution is 0.0928. The van der Waals surface area contributed by atoms with Crippen LogP contribution in [0.2, 0.25) is 0 Å². The first kappa shape index (κ1) is 15.7. The summed E-state index contributed by atoms with van der Waals surface area (Å²) >= 11 is 0. The second-order valence-corrected chi connectivity index (χ2v) is 6.26. The molecule has 0 radical (unpaired) electrons. The van der Waals surface area contributed by atoms with Gasteiger partial charge in [-0.25, -0.2) is 4.98 Å². The molecule has 1 aromatic heterocycles. The summed E-state index contributed by atoms with van der Waals surface area (Å²) in [7, 11) is 0. The SMILES string of the molecule is CCn1c(=O)c(C)nc2cc(C(=O)NC3CCCCC3)ccc21. The number of nitrogens with one attached hydrogen (secondary N) is 1. The molecular formula is C18H23N3O2. The Bertz CT molecular complexity index is 789. The largest absolute Gasteiger partial charge is 0.349 e. The minimum absolute atomic E-state index is 0.0486. The third-order valence-electron chi connectivity index (χ3n) is 4.63. The van der Waals surface area contributed by atoms with E-state index in [4.69, 9.17) is 0 Å². The first-order valence-electron chi connectivity index (χ1n) is 8.42. The van der Waals surface area contributed by atoms with Gasteiger partial charge in [0, 0.05) is 18.2 Å². The Balaban J connectivity index is 1.92.